The molecule has 0 saturated heterocycles. The maximum absolute atomic E-state index is 13.7. The summed E-state index contributed by atoms with van der Waals surface area (Å²) < 4.78 is 16.6. The van der Waals surface area contributed by atoms with E-state index in [0.29, 0.717) is 40.8 Å². The van der Waals surface area contributed by atoms with Gasteiger partial charge in [-0.3, -0.25) is 4.79 Å². The van der Waals surface area contributed by atoms with Gasteiger partial charge in [0.15, 0.2) is 17.3 Å². The minimum absolute atomic E-state index is 0.184. The number of carbonyl (C=O) groups is 1. The molecule has 1 aliphatic heterocycles. The molecule has 1 aromatic carbocycles. The number of methoxy groups -OCH3 is 1. The van der Waals surface area contributed by atoms with E-state index in [1.807, 2.05) is 18.2 Å². The van der Waals surface area contributed by atoms with Gasteiger partial charge in [0.2, 0.25) is 12.5 Å². The number of benzene rings is 1. The molecule has 6 atom stereocenters. The zero-order valence-corrected chi connectivity index (χ0v) is 19.9. The van der Waals surface area contributed by atoms with Crippen LogP contribution in [0, 0.1) is 28.6 Å². The van der Waals surface area contributed by atoms with Gasteiger partial charge in [0.1, 0.15) is 0 Å². The van der Waals surface area contributed by atoms with Crippen LogP contribution < -0.4 is 14.2 Å². The highest BCUT2D eigenvalue weighted by Gasteiger charge is 2.59. The SMILES string of the molecule is COc1cc(/C=C2\CC3C4CC=C5CC(O)CC[C@]5(C)C4CC[C@]3(C)C2=O)cc2c1OCO2. The van der Waals surface area contributed by atoms with Gasteiger partial charge < -0.3 is 19.3 Å². The maximum atomic E-state index is 13.7. The van der Waals surface area contributed by atoms with E-state index in [4.69, 9.17) is 14.2 Å². The van der Waals surface area contributed by atoms with Crippen molar-refractivity contribution in [2.75, 3.05) is 13.9 Å². The van der Waals surface area contributed by atoms with Crippen molar-refractivity contribution >= 4 is 11.9 Å². The van der Waals surface area contributed by atoms with Crippen LogP contribution >= 0.6 is 0 Å². The summed E-state index contributed by atoms with van der Waals surface area (Å²) in [6.07, 6.45) is 11.0. The summed E-state index contributed by atoms with van der Waals surface area (Å²) >= 11 is 0. The van der Waals surface area contributed by atoms with Crippen LogP contribution in [-0.4, -0.2) is 30.9 Å². The van der Waals surface area contributed by atoms with Gasteiger partial charge in [0.05, 0.1) is 13.2 Å². The van der Waals surface area contributed by atoms with Gasteiger partial charge >= 0.3 is 0 Å². The van der Waals surface area contributed by atoms with E-state index in [2.05, 4.69) is 19.9 Å². The summed E-state index contributed by atoms with van der Waals surface area (Å²) in [6.45, 7) is 4.83. The lowest BCUT2D eigenvalue weighted by Gasteiger charge is -2.56. The number of allylic oxidation sites excluding steroid dienone is 2. The van der Waals surface area contributed by atoms with E-state index in [1.165, 1.54) is 5.57 Å². The van der Waals surface area contributed by atoms with Crippen LogP contribution in [0.5, 0.6) is 17.2 Å². The number of aliphatic hydroxyl groups is 1. The molecule has 1 N–H and O–H groups in total. The third-order valence-corrected chi connectivity index (χ3v) is 9.74. The molecule has 1 heterocycles. The Morgan fingerprint density at radius 2 is 1.91 bits per heavy atom. The van der Waals surface area contributed by atoms with Gasteiger partial charge in [-0.1, -0.05) is 25.5 Å². The van der Waals surface area contributed by atoms with Crippen LogP contribution in [0.1, 0.15) is 64.4 Å². The van der Waals surface area contributed by atoms with E-state index < -0.39 is 0 Å². The van der Waals surface area contributed by atoms with Gasteiger partial charge in [-0.05, 0) is 97.5 Å². The van der Waals surface area contributed by atoms with Gasteiger partial charge in [0, 0.05) is 5.41 Å². The number of Topliss-reactive ketones (excluding diaryl/α,β-unsaturated/α-hetero) is 1. The first-order valence-electron chi connectivity index (χ1n) is 12.4. The highest BCUT2D eigenvalue weighted by molar-refractivity contribution is 6.06. The van der Waals surface area contributed by atoms with Gasteiger partial charge in [-0.15, -0.1) is 0 Å². The largest absolute Gasteiger partial charge is 0.493 e. The van der Waals surface area contributed by atoms with E-state index >= 15 is 0 Å². The zero-order chi connectivity index (χ0) is 23.0. The normalized spacial score (nSPS) is 40.2. The molecular formula is C28H34O5. The van der Waals surface area contributed by atoms with Crippen LogP contribution in [0.25, 0.3) is 6.08 Å². The van der Waals surface area contributed by atoms with E-state index in [9.17, 15) is 9.90 Å². The first-order valence-corrected chi connectivity index (χ1v) is 12.4. The fourth-order valence-electron chi connectivity index (χ4n) is 7.88. The van der Waals surface area contributed by atoms with E-state index in [0.717, 1.165) is 56.1 Å². The van der Waals surface area contributed by atoms with Crippen molar-refractivity contribution in [2.24, 2.45) is 28.6 Å². The van der Waals surface area contributed by atoms with Crippen LogP contribution in [0.4, 0.5) is 0 Å². The van der Waals surface area contributed by atoms with Crippen molar-refractivity contribution in [2.45, 2.75) is 64.9 Å². The molecule has 5 heteroatoms. The molecule has 0 amide bonds. The minimum atomic E-state index is -0.274. The molecule has 0 radical (unpaired) electrons. The number of rotatable bonds is 2. The fourth-order valence-corrected chi connectivity index (χ4v) is 7.88. The van der Waals surface area contributed by atoms with Crippen molar-refractivity contribution in [3.63, 3.8) is 0 Å². The first-order chi connectivity index (χ1) is 15.8. The number of hydrogen-bond donors (Lipinski definition) is 1. The Morgan fingerprint density at radius 1 is 1.09 bits per heavy atom. The summed E-state index contributed by atoms with van der Waals surface area (Å²) in [4.78, 5) is 13.7. The topological polar surface area (TPSA) is 65.0 Å². The standard InChI is InChI=1S/C28H34O5/c1-27-8-6-19(29)14-18(27)4-5-20-21(27)7-9-28(2)22(20)13-17(26(28)30)10-16-11-23(31-3)25-24(12-16)32-15-33-25/h4,10-12,19-22,29H,5-9,13-15H2,1-3H3/b17-10+/t19?,20?,21?,22?,27-,28-/m0/s1. The molecule has 176 valence electrons. The molecule has 0 bridgehead atoms. The minimum Gasteiger partial charge on any atom is -0.493 e. The monoisotopic (exact) mass is 450 g/mol. The summed E-state index contributed by atoms with van der Waals surface area (Å²) in [5, 5.41) is 10.2. The highest BCUT2D eigenvalue weighted by Crippen LogP contribution is 2.64. The highest BCUT2D eigenvalue weighted by atomic mass is 16.7. The number of ketones is 1. The molecular weight excluding hydrogens is 416 g/mol. The van der Waals surface area contributed by atoms with Gasteiger partial charge in [-0.25, -0.2) is 0 Å². The lowest BCUT2D eigenvalue weighted by atomic mass is 9.48. The quantitative estimate of drug-likeness (QED) is 0.489. The molecule has 0 aromatic heterocycles. The number of aliphatic hydroxyl groups excluding tert-OH is 1. The average Bonchev–Trinajstić information content (AvgIpc) is 3.37. The molecule has 6 rings (SSSR count). The van der Waals surface area contributed by atoms with E-state index in [1.54, 1.807) is 7.11 Å². The molecule has 33 heavy (non-hydrogen) atoms. The Bertz CT molecular complexity index is 1070. The smallest absolute Gasteiger partial charge is 0.231 e. The summed E-state index contributed by atoms with van der Waals surface area (Å²) in [5.41, 5.74) is 3.24. The van der Waals surface area contributed by atoms with Gasteiger partial charge in [0.25, 0.3) is 0 Å². The van der Waals surface area contributed by atoms with Crippen LogP contribution in [0.3, 0.4) is 0 Å². The molecule has 5 nitrogen and oxygen atoms in total. The Labute approximate surface area is 195 Å². The fraction of sp³-hybridized carbons (Fsp3) is 0.607. The van der Waals surface area contributed by atoms with Crippen LogP contribution in [0.15, 0.2) is 29.4 Å². The lowest BCUT2D eigenvalue weighted by molar-refractivity contribution is -0.130. The predicted molar refractivity (Wildman–Crippen MR) is 125 cm³/mol. The van der Waals surface area contributed by atoms with Crippen molar-refractivity contribution in [3.05, 3.63) is 34.9 Å². The molecule has 1 aromatic rings. The Kier molecular flexibility index (Phi) is 4.75. The second kappa shape index (κ2) is 7.36. The van der Waals surface area contributed by atoms with Crippen molar-refractivity contribution in [1.82, 2.24) is 0 Å². The Morgan fingerprint density at radius 3 is 2.73 bits per heavy atom. The average molecular weight is 451 g/mol. The lowest BCUT2D eigenvalue weighted by Crippen LogP contribution is -2.50. The second-order valence-electron chi connectivity index (χ2n) is 11.3. The number of carbonyl (C=O) groups excluding carboxylic acids is 1. The molecule has 5 aliphatic rings. The number of hydrogen-bond acceptors (Lipinski definition) is 5. The van der Waals surface area contributed by atoms with Crippen LogP contribution in [-0.2, 0) is 4.79 Å². The van der Waals surface area contributed by atoms with Crippen LogP contribution in [0.2, 0.25) is 0 Å². The number of ether oxygens (including phenoxy) is 3. The van der Waals surface area contributed by atoms with Crippen molar-refractivity contribution < 1.29 is 24.1 Å². The Balaban J connectivity index is 1.33. The Hall–Kier alpha value is -2.27. The first kappa shape index (κ1) is 21.3. The predicted octanol–water partition coefficient (Wildman–Crippen LogP) is 5.31. The van der Waals surface area contributed by atoms with E-state index in [-0.39, 0.29) is 23.7 Å². The molecule has 4 aliphatic carbocycles. The molecule has 4 unspecified atom stereocenters. The third kappa shape index (κ3) is 3.04. The summed E-state index contributed by atoms with van der Waals surface area (Å²) in [6, 6.07) is 3.88. The maximum Gasteiger partial charge on any atom is 0.231 e. The second-order valence-corrected chi connectivity index (χ2v) is 11.3. The van der Waals surface area contributed by atoms with Crippen molar-refractivity contribution in [1.29, 1.82) is 0 Å². The molecule has 0 spiro atoms. The number of fused-ring (bicyclic) bond motifs is 6. The zero-order valence-electron chi connectivity index (χ0n) is 19.9. The van der Waals surface area contributed by atoms with Crippen molar-refractivity contribution in [3.8, 4) is 17.2 Å². The third-order valence-electron chi connectivity index (χ3n) is 9.74. The molecule has 3 fully saturated rings. The van der Waals surface area contributed by atoms with Gasteiger partial charge in [-0.2, -0.15) is 0 Å². The summed E-state index contributed by atoms with van der Waals surface area (Å²) in [5.74, 6) is 3.80. The molecule has 3 saturated carbocycles. The summed E-state index contributed by atoms with van der Waals surface area (Å²) in [7, 11) is 1.63.